The summed E-state index contributed by atoms with van der Waals surface area (Å²) in [6, 6.07) is 17.4. The highest BCUT2D eigenvalue weighted by atomic mass is 19.3. The number of hydrogen-bond donors (Lipinski definition) is 1. The summed E-state index contributed by atoms with van der Waals surface area (Å²) in [5, 5.41) is 5.04. The number of ether oxygens (including phenoxy) is 1. The minimum absolute atomic E-state index is 0.0916. The molecule has 0 aliphatic carbocycles. The van der Waals surface area contributed by atoms with Crippen molar-refractivity contribution in [2.45, 2.75) is 6.61 Å². The van der Waals surface area contributed by atoms with Crippen LogP contribution in [0.2, 0.25) is 0 Å². The lowest BCUT2D eigenvalue weighted by Gasteiger charge is -2.08. The Labute approximate surface area is 164 Å². The second kappa shape index (κ2) is 8.39. The van der Waals surface area contributed by atoms with Gasteiger partial charge >= 0.3 is 6.61 Å². The lowest BCUT2D eigenvalue weighted by atomic mass is 10.2. The number of para-hydroxylation sites is 1. The van der Waals surface area contributed by atoms with Crippen LogP contribution in [0.3, 0.4) is 0 Å². The van der Waals surface area contributed by atoms with Gasteiger partial charge in [-0.1, -0.05) is 12.1 Å². The second-order valence-corrected chi connectivity index (χ2v) is 5.97. The minimum Gasteiger partial charge on any atom is -0.435 e. The van der Waals surface area contributed by atoms with Gasteiger partial charge in [0.1, 0.15) is 5.75 Å². The van der Waals surface area contributed by atoms with E-state index in [1.54, 1.807) is 30.7 Å². The molecule has 0 aliphatic rings. The van der Waals surface area contributed by atoms with Crippen LogP contribution in [-0.4, -0.2) is 27.8 Å². The van der Waals surface area contributed by atoms with Crippen molar-refractivity contribution in [3.8, 4) is 17.1 Å². The number of aromatic nitrogens is 3. The summed E-state index contributed by atoms with van der Waals surface area (Å²) in [4.78, 5) is 13.2. The number of nitrogens with zero attached hydrogens (tertiary/aromatic N) is 4. The molecule has 0 spiro atoms. The Balaban J connectivity index is 1.59. The third kappa shape index (κ3) is 4.49. The number of alkyl halides is 2. The number of pyridine rings is 1. The van der Waals surface area contributed by atoms with Crippen molar-refractivity contribution in [1.29, 1.82) is 0 Å². The van der Waals surface area contributed by atoms with Crippen molar-refractivity contribution in [2.24, 2.45) is 5.10 Å². The van der Waals surface area contributed by atoms with Crippen molar-refractivity contribution in [2.75, 3.05) is 5.43 Å². The average Bonchev–Trinajstić information content (AvgIpc) is 2.75. The van der Waals surface area contributed by atoms with Gasteiger partial charge in [-0.05, 0) is 54.1 Å². The molecular weight excluding hydrogens is 376 g/mol. The number of anilines is 1. The zero-order chi connectivity index (χ0) is 20.1. The summed E-state index contributed by atoms with van der Waals surface area (Å²) >= 11 is 0. The normalized spacial score (nSPS) is 11.3. The number of rotatable bonds is 6. The van der Waals surface area contributed by atoms with E-state index in [1.165, 1.54) is 12.1 Å². The van der Waals surface area contributed by atoms with Crippen LogP contribution in [0, 0.1) is 0 Å². The van der Waals surface area contributed by atoms with Gasteiger partial charge in [0.15, 0.2) is 11.6 Å². The van der Waals surface area contributed by atoms with Gasteiger partial charge in [0.05, 0.1) is 11.7 Å². The molecule has 8 heteroatoms. The van der Waals surface area contributed by atoms with E-state index in [9.17, 15) is 8.78 Å². The molecule has 0 bridgehead atoms. The molecule has 0 unspecified atom stereocenters. The van der Waals surface area contributed by atoms with E-state index in [0.29, 0.717) is 17.2 Å². The highest BCUT2D eigenvalue weighted by molar-refractivity contribution is 5.91. The van der Waals surface area contributed by atoms with E-state index in [-0.39, 0.29) is 5.75 Å². The summed E-state index contributed by atoms with van der Waals surface area (Å²) in [5.74, 6) is 1.20. The maximum absolute atomic E-state index is 12.2. The Bertz CT molecular complexity index is 1130. The van der Waals surface area contributed by atoms with Crippen LogP contribution in [0.1, 0.15) is 5.56 Å². The third-order valence-electron chi connectivity index (χ3n) is 4.03. The lowest BCUT2D eigenvalue weighted by Crippen LogP contribution is -2.01. The quantitative estimate of drug-likeness (QED) is 0.380. The van der Waals surface area contributed by atoms with Gasteiger partial charge in [-0.25, -0.2) is 9.97 Å². The Kier molecular flexibility index (Phi) is 5.33. The van der Waals surface area contributed by atoms with E-state index < -0.39 is 6.61 Å². The number of benzene rings is 2. The number of hydrogen-bond acceptors (Lipinski definition) is 6. The van der Waals surface area contributed by atoms with Crippen molar-refractivity contribution < 1.29 is 13.5 Å². The fraction of sp³-hybridized carbons (Fsp3) is 0.0476. The van der Waals surface area contributed by atoms with Crippen molar-refractivity contribution in [3.05, 3.63) is 78.6 Å². The largest absolute Gasteiger partial charge is 0.435 e. The summed E-state index contributed by atoms with van der Waals surface area (Å²) in [7, 11) is 0. The molecule has 4 rings (SSSR count). The van der Waals surface area contributed by atoms with Crippen molar-refractivity contribution in [3.63, 3.8) is 0 Å². The summed E-state index contributed by atoms with van der Waals surface area (Å²) < 4.78 is 28.8. The van der Waals surface area contributed by atoms with E-state index in [0.717, 1.165) is 16.5 Å². The SMILES string of the molecule is FC(F)Oc1ccc(/C=N\Nc2nc(-c3ccncc3)nc3ccccc23)cc1. The minimum atomic E-state index is -2.85. The van der Waals surface area contributed by atoms with Crippen LogP contribution in [-0.2, 0) is 0 Å². The molecule has 0 atom stereocenters. The Morgan fingerprint density at radius 2 is 1.69 bits per heavy atom. The molecule has 1 N–H and O–H groups in total. The fourth-order valence-electron chi connectivity index (χ4n) is 2.70. The molecule has 0 saturated heterocycles. The molecule has 6 nitrogen and oxygen atoms in total. The molecule has 0 aliphatic heterocycles. The van der Waals surface area contributed by atoms with Gasteiger partial charge in [-0.3, -0.25) is 10.4 Å². The van der Waals surface area contributed by atoms with Crippen LogP contribution in [0.5, 0.6) is 5.75 Å². The zero-order valence-corrected chi connectivity index (χ0v) is 15.0. The lowest BCUT2D eigenvalue weighted by molar-refractivity contribution is -0.0498. The first-order valence-electron chi connectivity index (χ1n) is 8.70. The molecule has 4 aromatic rings. The van der Waals surface area contributed by atoms with E-state index in [4.69, 9.17) is 0 Å². The molecule has 2 heterocycles. The van der Waals surface area contributed by atoms with Gasteiger partial charge in [0, 0.05) is 23.3 Å². The summed E-state index contributed by atoms with van der Waals surface area (Å²) in [6.07, 6.45) is 4.93. The molecule has 2 aromatic carbocycles. The Hall–Kier alpha value is -3.94. The third-order valence-corrected chi connectivity index (χ3v) is 4.03. The fourth-order valence-corrected chi connectivity index (χ4v) is 2.70. The molecule has 0 fully saturated rings. The number of hydrazone groups is 1. The number of halogens is 2. The Morgan fingerprint density at radius 1 is 0.931 bits per heavy atom. The monoisotopic (exact) mass is 391 g/mol. The maximum Gasteiger partial charge on any atom is 0.387 e. The van der Waals surface area contributed by atoms with E-state index >= 15 is 0 Å². The van der Waals surface area contributed by atoms with E-state index in [2.05, 4.69) is 30.2 Å². The first-order valence-corrected chi connectivity index (χ1v) is 8.70. The van der Waals surface area contributed by atoms with Gasteiger partial charge in [-0.15, -0.1) is 0 Å². The molecule has 0 radical (unpaired) electrons. The number of fused-ring (bicyclic) bond motifs is 1. The van der Waals surface area contributed by atoms with Crippen LogP contribution < -0.4 is 10.2 Å². The van der Waals surface area contributed by atoms with Gasteiger partial charge in [0.2, 0.25) is 0 Å². The molecule has 0 amide bonds. The highest BCUT2D eigenvalue weighted by Crippen LogP contribution is 2.24. The van der Waals surface area contributed by atoms with Gasteiger partial charge < -0.3 is 4.74 Å². The molecule has 29 heavy (non-hydrogen) atoms. The van der Waals surface area contributed by atoms with Crippen molar-refractivity contribution >= 4 is 22.9 Å². The first-order chi connectivity index (χ1) is 14.2. The van der Waals surface area contributed by atoms with Gasteiger partial charge in [0.25, 0.3) is 0 Å². The highest BCUT2D eigenvalue weighted by Gasteiger charge is 2.08. The van der Waals surface area contributed by atoms with E-state index in [1.807, 2.05) is 36.4 Å². The standard InChI is InChI=1S/C21H15F2N5O/c22-21(23)29-16-7-5-14(6-8-16)13-25-28-20-17-3-1-2-4-18(17)26-19(27-20)15-9-11-24-12-10-15/h1-13,21H,(H,26,27,28)/b25-13-. The van der Waals surface area contributed by atoms with Crippen molar-refractivity contribution in [1.82, 2.24) is 15.0 Å². The van der Waals surface area contributed by atoms with Crippen LogP contribution >= 0.6 is 0 Å². The van der Waals surface area contributed by atoms with Gasteiger partial charge in [-0.2, -0.15) is 13.9 Å². The Morgan fingerprint density at radius 3 is 2.45 bits per heavy atom. The molecule has 0 saturated carbocycles. The maximum atomic E-state index is 12.2. The number of nitrogens with one attached hydrogen (secondary N) is 1. The smallest absolute Gasteiger partial charge is 0.387 e. The predicted octanol–water partition coefficient (Wildman–Crippen LogP) is 4.74. The zero-order valence-electron chi connectivity index (χ0n) is 15.0. The molecular formula is C21H15F2N5O. The first kappa shape index (κ1) is 18.4. The predicted molar refractivity (Wildman–Crippen MR) is 107 cm³/mol. The summed E-state index contributed by atoms with van der Waals surface area (Å²) in [5.41, 5.74) is 5.28. The second-order valence-electron chi connectivity index (χ2n) is 5.97. The average molecular weight is 391 g/mol. The topological polar surface area (TPSA) is 72.3 Å². The van der Waals surface area contributed by atoms with Crippen LogP contribution in [0.25, 0.3) is 22.3 Å². The molecule has 144 valence electrons. The molecule has 2 aromatic heterocycles. The van der Waals surface area contributed by atoms with Crippen LogP contribution in [0.4, 0.5) is 14.6 Å². The summed E-state index contributed by atoms with van der Waals surface area (Å²) in [6.45, 7) is -2.85. The van der Waals surface area contributed by atoms with Crippen LogP contribution in [0.15, 0.2) is 78.2 Å².